The number of para-hydroxylation sites is 2. The molecule has 4 rings (SSSR count). The van der Waals surface area contributed by atoms with Gasteiger partial charge in [0.2, 0.25) is 0 Å². The van der Waals surface area contributed by atoms with Crippen LogP contribution in [0.3, 0.4) is 0 Å². The van der Waals surface area contributed by atoms with Crippen LogP contribution in [-0.2, 0) is 0 Å². The summed E-state index contributed by atoms with van der Waals surface area (Å²) in [7, 11) is 0. The third kappa shape index (κ3) is 3.65. The number of hydrogen-bond acceptors (Lipinski definition) is 2. The molecule has 3 aromatic carbocycles. The van der Waals surface area contributed by atoms with E-state index in [0.717, 1.165) is 17.8 Å². The van der Waals surface area contributed by atoms with Gasteiger partial charge in [-0.15, -0.1) is 11.8 Å². The summed E-state index contributed by atoms with van der Waals surface area (Å²) in [5, 5.41) is 0.148. The molecule has 0 spiro atoms. The maximum atomic E-state index is 5.10. The predicted octanol–water partition coefficient (Wildman–Crippen LogP) is 6.89. The van der Waals surface area contributed by atoms with Crippen molar-refractivity contribution in [3.63, 3.8) is 0 Å². The highest BCUT2D eigenvalue weighted by Crippen LogP contribution is 2.42. The Morgan fingerprint density at radius 2 is 1.48 bits per heavy atom. The van der Waals surface area contributed by atoms with Crippen LogP contribution in [0.4, 0.5) is 0 Å². The Labute approximate surface area is 165 Å². The van der Waals surface area contributed by atoms with Gasteiger partial charge in [-0.3, -0.25) is 0 Å². The molecule has 27 heavy (non-hydrogen) atoms. The molecule has 0 saturated heterocycles. The highest BCUT2D eigenvalue weighted by Gasteiger charge is 2.25. The molecule has 0 bridgehead atoms. The number of nitrogens with zero attached hydrogens (tertiary/aromatic N) is 2. The Hall–Kier alpha value is -2.52. The molecular formula is C24H24N2S. The lowest BCUT2D eigenvalue weighted by Crippen LogP contribution is -2.12. The van der Waals surface area contributed by atoms with Gasteiger partial charge >= 0.3 is 0 Å². The van der Waals surface area contributed by atoms with Crippen LogP contribution in [0.15, 0.2) is 89.8 Å². The molecule has 3 heteroatoms. The lowest BCUT2D eigenvalue weighted by atomic mass is 10.1. The van der Waals surface area contributed by atoms with Crippen LogP contribution in [0.1, 0.15) is 42.9 Å². The predicted molar refractivity (Wildman–Crippen MR) is 115 cm³/mol. The summed E-state index contributed by atoms with van der Waals surface area (Å²) in [5.41, 5.74) is 3.57. The molecule has 2 nitrogen and oxygen atoms in total. The smallest absolute Gasteiger partial charge is 0.128 e. The van der Waals surface area contributed by atoms with E-state index in [1.165, 1.54) is 16.0 Å². The fraction of sp³-hybridized carbons (Fsp3) is 0.208. The minimum atomic E-state index is 0.148. The van der Waals surface area contributed by atoms with Crippen molar-refractivity contribution < 1.29 is 0 Å². The van der Waals surface area contributed by atoms with Crippen molar-refractivity contribution in [1.29, 1.82) is 0 Å². The van der Waals surface area contributed by atoms with Gasteiger partial charge in [0, 0.05) is 10.9 Å². The molecule has 0 radical (unpaired) electrons. The van der Waals surface area contributed by atoms with Gasteiger partial charge in [0.1, 0.15) is 5.82 Å². The highest BCUT2D eigenvalue weighted by molar-refractivity contribution is 7.99. The quantitative estimate of drug-likeness (QED) is 0.343. The molecule has 0 saturated carbocycles. The van der Waals surface area contributed by atoms with Crippen LogP contribution in [0.5, 0.6) is 0 Å². The third-order valence-corrected chi connectivity index (χ3v) is 6.25. The van der Waals surface area contributed by atoms with Gasteiger partial charge in [-0.2, -0.15) is 0 Å². The lowest BCUT2D eigenvalue weighted by Gasteiger charge is -2.22. The molecule has 0 aliphatic carbocycles. The second-order valence-corrected chi connectivity index (χ2v) is 7.99. The molecule has 2 unspecified atom stereocenters. The molecule has 0 amide bonds. The molecular weight excluding hydrogens is 348 g/mol. The fourth-order valence-electron chi connectivity index (χ4n) is 3.43. The first-order chi connectivity index (χ1) is 13.3. The van der Waals surface area contributed by atoms with E-state index in [4.69, 9.17) is 4.98 Å². The summed E-state index contributed by atoms with van der Waals surface area (Å²) in [4.78, 5) is 6.36. The van der Waals surface area contributed by atoms with Crippen molar-refractivity contribution in [2.75, 3.05) is 0 Å². The number of benzene rings is 3. The molecule has 0 aliphatic heterocycles. The number of hydrogen-bond donors (Lipinski definition) is 0. The third-order valence-electron chi connectivity index (χ3n) is 4.99. The van der Waals surface area contributed by atoms with E-state index in [-0.39, 0.29) is 5.25 Å². The number of thioether (sulfide) groups is 1. The normalized spacial score (nSPS) is 13.6. The SMILES string of the molecule is CCC(C)n1c(C(Sc2ccccc2)c2ccccc2)nc2ccccc21. The Kier molecular flexibility index (Phi) is 5.30. The van der Waals surface area contributed by atoms with Crippen molar-refractivity contribution in [2.45, 2.75) is 36.5 Å². The first-order valence-electron chi connectivity index (χ1n) is 9.51. The van der Waals surface area contributed by atoms with Crippen molar-refractivity contribution in [2.24, 2.45) is 0 Å². The molecule has 136 valence electrons. The summed E-state index contributed by atoms with van der Waals surface area (Å²) < 4.78 is 2.43. The summed E-state index contributed by atoms with van der Waals surface area (Å²) in [6.07, 6.45) is 1.07. The van der Waals surface area contributed by atoms with Gasteiger partial charge < -0.3 is 4.57 Å². The van der Waals surface area contributed by atoms with E-state index >= 15 is 0 Å². The van der Waals surface area contributed by atoms with Crippen molar-refractivity contribution in [1.82, 2.24) is 9.55 Å². The summed E-state index contributed by atoms with van der Waals surface area (Å²) in [6, 6.07) is 30.2. The number of fused-ring (bicyclic) bond motifs is 1. The van der Waals surface area contributed by atoms with Gasteiger partial charge in [0.25, 0.3) is 0 Å². The number of imidazole rings is 1. The molecule has 2 atom stereocenters. The first-order valence-corrected chi connectivity index (χ1v) is 10.4. The molecule has 1 aromatic heterocycles. The molecule has 1 heterocycles. The van der Waals surface area contributed by atoms with Crippen LogP contribution < -0.4 is 0 Å². The zero-order chi connectivity index (χ0) is 18.6. The average Bonchev–Trinajstić information content (AvgIpc) is 3.12. The van der Waals surface area contributed by atoms with Crippen LogP contribution >= 0.6 is 11.8 Å². The van der Waals surface area contributed by atoms with Gasteiger partial charge in [-0.1, -0.05) is 67.6 Å². The van der Waals surface area contributed by atoms with E-state index in [1.807, 2.05) is 11.8 Å². The van der Waals surface area contributed by atoms with Gasteiger partial charge in [0.15, 0.2) is 0 Å². The van der Waals surface area contributed by atoms with Crippen molar-refractivity contribution in [3.8, 4) is 0 Å². The van der Waals surface area contributed by atoms with Crippen molar-refractivity contribution >= 4 is 22.8 Å². The largest absolute Gasteiger partial charge is 0.324 e. The zero-order valence-corrected chi connectivity index (χ0v) is 16.6. The second-order valence-electron chi connectivity index (χ2n) is 6.81. The van der Waals surface area contributed by atoms with E-state index in [9.17, 15) is 0 Å². The van der Waals surface area contributed by atoms with E-state index < -0.39 is 0 Å². The van der Waals surface area contributed by atoms with Gasteiger partial charge in [-0.25, -0.2) is 4.98 Å². The Balaban J connectivity index is 1.89. The van der Waals surface area contributed by atoms with Crippen LogP contribution in [0.25, 0.3) is 11.0 Å². The average molecular weight is 373 g/mol. The van der Waals surface area contributed by atoms with E-state index in [2.05, 4.69) is 103 Å². The van der Waals surface area contributed by atoms with Crippen LogP contribution in [-0.4, -0.2) is 9.55 Å². The maximum Gasteiger partial charge on any atom is 0.128 e. The molecule has 0 fully saturated rings. The van der Waals surface area contributed by atoms with Gasteiger partial charge in [-0.05, 0) is 43.2 Å². The Morgan fingerprint density at radius 3 is 2.19 bits per heavy atom. The summed E-state index contributed by atoms with van der Waals surface area (Å²) >= 11 is 1.87. The van der Waals surface area contributed by atoms with E-state index in [1.54, 1.807) is 0 Å². The number of rotatable bonds is 6. The minimum absolute atomic E-state index is 0.148. The van der Waals surface area contributed by atoms with Crippen LogP contribution in [0.2, 0.25) is 0 Å². The summed E-state index contributed by atoms with van der Waals surface area (Å²) in [6.45, 7) is 4.53. The van der Waals surface area contributed by atoms with Crippen LogP contribution in [0, 0.1) is 0 Å². The topological polar surface area (TPSA) is 17.8 Å². The van der Waals surface area contributed by atoms with Crippen molar-refractivity contribution in [3.05, 3.63) is 96.3 Å². The summed E-state index contributed by atoms with van der Waals surface area (Å²) in [5.74, 6) is 1.13. The zero-order valence-electron chi connectivity index (χ0n) is 15.7. The number of aromatic nitrogens is 2. The Bertz CT molecular complexity index is 1010. The molecule has 0 aliphatic rings. The standard InChI is InChI=1S/C24H24N2S/c1-3-18(2)26-22-17-11-10-16-21(22)25-24(26)23(19-12-6-4-7-13-19)27-20-14-8-5-9-15-20/h4-18,23H,3H2,1-2H3. The minimum Gasteiger partial charge on any atom is -0.324 e. The maximum absolute atomic E-state index is 5.10. The molecule has 0 N–H and O–H groups in total. The van der Waals surface area contributed by atoms with E-state index in [0.29, 0.717) is 6.04 Å². The van der Waals surface area contributed by atoms with Gasteiger partial charge in [0.05, 0.1) is 16.3 Å². The second kappa shape index (κ2) is 8.01. The molecule has 4 aromatic rings. The fourth-order valence-corrected chi connectivity index (χ4v) is 4.58. The first kappa shape index (κ1) is 17.9. The monoisotopic (exact) mass is 372 g/mol. The Morgan fingerprint density at radius 1 is 0.852 bits per heavy atom. The highest BCUT2D eigenvalue weighted by atomic mass is 32.2. The lowest BCUT2D eigenvalue weighted by molar-refractivity contribution is 0.525.